The average Bonchev–Trinajstić information content (AvgIpc) is 2.77. The zero-order chi connectivity index (χ0) is 22.5. The van der Waals surface area contributed by atoms with Gasteiger partial charge in [0, 0.05) is 23.9 Å². The Morgan fingerprint density at radius 1 is 0.656 bits per heavy atom. The first-order valence-electron chi connectivity index (χ1n) is 10.3. The van der Waals surface area contributed by atoms with Gasteiger partial charge in [0.2, 0.25) is 0 Å². The molecule has 0 amide bonds. The van der Waals surface area contributed by atoms with E-state index in [9.17, 15) is 0 Å². The number of benzene rings is 2. The molecule has 2 aromatic heterocycles. The van der Waals surface area contributed by atoms with Gasteiger partial charge in [-0.1, -0.05) is 23.3 Å². The van der Waals surface area contributed by atoms with Crippen LogP contribution < -0.4 is 21.3 Å². The van der Waals surface area contributed by atoms with E-state index in [1.165, 1.54) is 11.1 Å². The molecule has 4 aromatic rings. The summed E-state index contributed by atoms with van der Waals surface area (Å²) in [7, 11) is 0. The number of thiocarbonyl (C=S) groups is 2. The lowest BCUT2D eigenvalue weighted by Crippen LogP contribution is -2.38. The van der Waals surface area contributed by atoms with E-state index in [0.717, 1.165) is 21.8 Å². The minimum atomic E-state index is 0.510. The van der Waals surface area contributed by atoms with E-state index in [-0.39, 0.29) is 0 Å². The van der Waals surface area contributed by atoms with Crippen molar-refractivity contribution in [3.05, 3.63) is 71.8 Å². The van der Waals surface area contributed by atoms with Gasteiger partial charge in [-0.25, -0.2) is 9.97 Å². The van der Waals surface area contributed by atoms with E-state index >= 15 is 0 Å². The maximum Gasteiger partial charge on any atom is 0.172 e. The van der Waals surface area contributed by atoms with Crippen LogP contribution in [0.3, 0.4) is 0 Å². The fourth-order valence-electron chi connectivity index (χ4n) is 3.30. The molecule has 4 rings (SSSR count). The molecule has 0 unspecified atom stereocenters. The van der Waals surface area contributed by atoms with Crippen molar-refractivity contribution in [2.75, 3.05) is 23.7 Å². The molecule has 0 bridgehead atoms. The number of anilines is 2. The molecular formula is C24H24N6S2. The number of pyridine rings is 2. The van der Waals surface area contributed by atoms with Crippen LogP contribution in [0.1, 0.15) is 11.1 Å². The van der Waals surface area contributed by atoms with Gasteiger partial charge in [0.15, 0.2) is 10.2 Å². The molecule has 8 heteroatoms. The lowest BCUT2D eigenvalue weighted by molar-refractivity contribution is 0.820. The van der Waals surface area contributed by atoms with Crippen molar-refractivity contribution >= 4 is 68.1 Å². The standard InChI is InChI=1S/C24H24N6S2/c1-15-3-7-19-17(13-15)5-9-21(27-19)29-23(31)25-11-12-26-24(32)30-22-10-6-18-14-16(2)4-8-20(18)28-22/h3-10,13-14H,11-12H2,1-2H3,(H2,25,27,29,31)(H2,26,28,30,32). The predicted octanol–water partition coefficient (Wildman–Crippen LogP) is 4.67. The van der Waals surface area contributed by atoms with E-state index in [1.54, 1.807) is 0 Å². The molecule has 0 atom stereocenters. The Balaban J connectivity index is 1.21. The Hall–Kier alpha value is -3.36. The van der Waals surface area contributed by atoms with Crippen molar-refractivity contribution in [3.63, 3.8) is 0 Å². The fraction of sp³-hybridized carbons (Fsp3) is 0.167. The Bertz CT molecular complexity index is 1200. The largest absolute Gasteiger partial charge is 0.361 e. The smallest absolute Gasteiger partial charge is 0.172 e. The summed E-state index contributed by atoms with van der Waals surface area (Å²) < 4.78 is 0. The molecule has 2 aromatic carbocycles. The highest BCUT2D eigenvalue weighted by molar-refractivity contribution is 7.80. The molecule has 0 fully saturated rings. The first kappa shape index (κ1) is 21.9. The van der Waals surface area contributed by atoms with Crippen LogP contribution in [0.15, 0.2) is 60.7 Å². The van der Waals surface area contributed by atoms with E-state index < -0.39 is 0 Å². The Morgan fingerprint density at radius 3 is 1.53 bits per heavy atom. The lowest BCUT2D eigenvalue weighted by atomic mass is 10.1. The summed E-state index contributed by atoms with van der Waals surface area (Å²) in [6.07, 6.45) is 0. The molecule has 2 heterocycles. The van der Waals surface area contributed by atoms with E-state index in [4.69, 9.17) is 24.4 Å². The quantitative estimate of drug-likeness (QED) is 0.253. The first-order valence-corrected chi connectivity index (χ1v) is 11.1. The number of fused-ring (bicyclic) bond motifs is 2. The van der Waals surface area contributed by atoms with Crippen molar-refractivity contribution < 1.29 is 0 Å². The third-order valence-corrected chi connectivity index (χ3v) is 5.36. The van der Waals surface area contributed by atoms with Crippen LogP contribution in [0.25, 0.3) is 21.8 Å². The second kappa shape index (κ2) is 9.84. The summed E-state index contributed by atoms with van der Waals surface area (Å²) in [4.78, 5) is 9.19. The Kier molecular flexibility index (Phi) is 6.72. The van der Waals surface area contributed by atoms with Crippen molar-refractivity contribution in [1.29, 1.82) is 0 Å². The molecule has 32 heavy (non-hydrogen) atoms. The van der Waals surface area contributed by atoms with Gasteiger partial charge in [0.1, 0.15) is 11.6 Å². The number of nitrogens with one attached hydrogen (secondary N) is 4. The maximum absolute atomic E-state index is 5.37. The second-order valence-electron chi connectivity index (χ2n) is 7.55. The zero-order valence-corrected chi connectivity index (χ0v) is 19.5. The topological polar surface area (TPSA) is 73.9 Å². The maximum atomic E-state index is 5.37. The van der Waals surface area contributed by atoms with Gasteiger partial charge in [0.25, 0.3) is 0 Å². The molecule has 0 saturated carbocycles. The normalized spacial score (nSPS) is 10.7. The third kappa shape index (κ3) is 5.66. The van der Waals surface area contributed by atoms with Crippen LogP contribution in [-0.4, -0.2) is 33.3 Å². The highest BCUT2D eigenvalue weighted by atomic mass is 32.1. The molecule has 0 aliphatic rings. The predicted molar refractivity (Wildman–Crippen MR) is 141 cm³/mol. The molecule has 4 N–H and O–H groups in total. The minimum Gasteiger partial charge on any atom is -0.361 e. The number of aromatic nitrogens is 2. The van der Waals surface area contributed by atoms with Gasteiger partial charge in [-0.05, 0) is 86.8 Å². The zero-order valence-electron chi connectivity index (χ0n) is 17.9. The van der Waals surface area contributed by atoms with Crippen molar-refractivity contribution in [1.82, 2.24) is 20.6 Å². The minimum absolute atomic E-state index is 0.510. The van der Waals surface area contributed by atoms with Crippen LogP contribution >= 0.6 is 24.4 Å². The summed E-state index contributed by atoms with van der Waals surface area (Å²) in [6, 6.07) is 20.3. The molecule has 6 nitrogen and oxygen atoms in total. The van der Waals surface area contributed by atoms with Crippen LogP contribution in [0.4, 0.5) is 11.6 Å². The van der Waals surface area contributed by atoms with E-state index in [0.29, 0.717) is 35.0 Å². The number of rotatable bonds is 5. The van der Waals surface area contributed by atoms with Crippen molar-refractivity contribution in [2.45, 2.75) is 13.8 Å². The summed E-state index contributed by atoms with van der Waals surface area (Å²) in [5, 5.41) is 15.8. The Morgan fingerprint density at radius 2 is 1.09 bits per heavy atom. The molecule has 0 radical (unpaired) electrons. The van der Waals surface area contributed by atoms with Gasteiger partial charge >= 0.3 is 0 Å². The average molecular weight is 461 g/mol. The molecule has 162 valence electrons. The molecule has 0 aliphatic carbocycles. The SMILES string of the molecule is Cc1ccc2nc(NC(=S)NCCNC(=S)Nc3ccc4cc(C)ccc4n3)ccc2c1. The van der Waals surface area contributed by atoms with Gasteiger partial charge in [-0.15, -0.1) is 0 Å². The molecular weight excluding hydrogens is 436 g/mol. The van der Waals surface area contributed by atoms with Crippen LogP contribution in [-0.2, 0) is 0 Å². The molecule has 0 aliphatic heterocycles. The van der Waals surface area contributed by atoms with Crippen molar-refractivity contribution in [3.8, 4) is 0 Å². The number of hydrogen-bond donors (Lipinski definition) is 4. The van der Waals surface area contributed by atoms with E-state index in [2.05, 4.69) is 57.2 Å². The number of nitrogens with zero attached hydrogens (tertiary/aromatic N) is 2. The van der Waals surface area contributed by atoms with E-state index in [1.807, 2.05) is 48.5 Å². The summed E-state index contributed by atoms with van der Waals surface area (Å²) in [5.41, 5.74) is 4.28. The number of hydrogen-bond acceptors (Lipinski definition) is 4. The molecule has 0 spiro atoms. The van der Waals surface area contributed by atoms with Crippen LogP contribution in [0.2, 0.25) is 0 Å². The summed E-state index contributed by atoms with van der Waals surface area (Å²) >= 11 is 10.7. The monoisotopic (exact) mass is 460 g/mol. The second-order valence-corrected chi connectivity index (χ2v) is 8.36. The summed E-state index contributed by atoms with van der Waals surface area (Å²) in [5.74, 6) is 1.42. The van der Waals surface area contributed by atoms with Gasteiger partial charge < -0.3 is 21.3 Å². The van der Waals surface area contributed by atoms with Crippen LogP contribution in [0.5, 0.6) is 0 Å². The van der Waals surface area contributed by atoms with Gasteiger partial charge in [-0.2, -0.15) is 0 Å². The van der Waals surface area contributed by atoms with Gasteiger partial charge in [-0.3, -0.25) is 0 Å². The summed E-state index contributed by atoms with van der Waals surface area (Å²) in [6.45, 7) is 5.34. The lowest BCUT2D eigenvalue weighted by Gasteiger charge is -2.13. The fourth-order valence-corrected chi connectivity index (χ4v) is 3.72. The highest BCUT2D eigenvalue weighted by Gasteiger charge is 2.03. The Labute approximate surface area is 197 Å². The van der Waals surface area contributed by atoms with Gasteiger partial charge in [0.05, 0.1) is 11.0 Å². The molecule has 0 saturated heterocycles. The van der Waals surface area contributed by atoms with Crippen LogP contribution in [0, 0.1) is 13.8 Å². The highest BCUT2D eigenvalue weighted by Crippen LogP contribution is 2.17. The van der Waals surface area contributed by atoms with Crippen molar-refractivity contribution in [2.24, 2.45) is 0 Å². The number of aryl methyl sites for hydroxylation is 2. The first-order chi connectivity index (χ1) is 15.5. The third-order valence-electron chi connectivity index (χ3n) is 4.87.